The molecular weight excluding hydrogens is 359 g/mol. The van der Waals surface area contributed by atoms with E-state index < -0.39 is 22.4 Å². The van der Waals surface area contributed by atoms with Crippen LogP contribution in [0.15, 0.2) is 84.6 Å². The molecule has 0 amide bonds. The molecule has 1 aliphatic rings. The SMILES string of the molecule is O=C1/C(=C/Nc2ccccc2[N+](=O)[O-])[C@H](c2ccccc2)c2cccc(F)c21. The number of carbonyl (C=O) groups is 1. The number of Topliss-reactive ketones (excluding diaryl/α,β-unsaturated/α-hetero) is 1. The number of carbonyl (C=O) groups excluding carboxylic acids is 1. The number of benzene rings is 3. The zero-order chi connectivity index (χ0) is 19.7. The predicted molar refractivity (Wildman–Crippen MR) is 104 cm³/mol. The highest BCUT2D eigenvalue weighted by Crippen LogP contribution is 2.43. The maximum Gasteiger partial charge on any atom is 0.292 e. The minimum absolute atomic E-state index is 0.0481. The molecule has 1 aliphatic carbocycles. The summed E-state index contributed by atoms with van der Waals surface area (Å²) in [6, 6.07) is 20.0. The van der Waals surface area contributed by atoms with Gasteiger partial charge in [-0.3, -0.25) is 14.9 Å². The molecular formula is C22H15FN2O3. The second-order valence-corrected chi connectivity index (χ2v) is 6.40. The Labute approximate surface area is 160 Å². The fraction of sp³-hybridized carbons (Fsp3) is 0.0455. The molecule has 0 heterocycles. The topological polar surface area (TPSA) is 72.2 Å². The van der Waals surface area contributed by atoms with Crippen LogP contribution in [0.2, 0.25) is 0 Å². The van der Waals surface area contributed by atoms with Crippen LogP contribution in [-0.4, -0.2) is 10.7 Å². The van der Waals surface area contributed by atoms with E-state index in [0.29, 0.717) is 11.1 Å². The van der Waals surface area contributed by atoms with Crippen LogP contribution in [-0.2, 0) is 0 Å². The highest BCUT2D eigenvalue weighted by Gasteiger charge is 2.37. The van der Waals surface area contributed by atoms with Crippen LogP contribution in [0.5, 0.6) is 0 Å². The minimum Gasteiger partial charge on any atom is -0.356 e. The van der Waals surface area contributed by atoms with Gasteiger partial charge in [-0.2, -0.15) is 0 Å². The molecule has 3 aromatic rings. The molecule has 0 radical (unpaired) electrons. The molecule has 0 unspecified atom stereocenters. The van der Waals surface area contributed by atoms with Crippen molar-refractivity contribution in [1.29, 1.82) is 0 Å². The Hall–Kier alpha value is -3.80. The number of nitro benzene ring substituents is 1. The van der Waals surface area contributed by atoms with Crippen LogP contribution >= 0.6 is 0 Å². The molecule has 138 valence electrons. The molecule has 0 aromatic heterocycles. The summed E-state index contributed by atoms with van der Waals surface area (Å²) in [5, 5.41) is 14.1. The lowest BCUT2D eigenvalue weighted by Gasteiger charge is -2.14. The smallest absolute Gasteiger partial charge is 0.292 e. The van der Waals surface area contributed by atoms with Crippen molar-refractivity contribution < 1.29 is 14.1 Å². The van der Waals surface area contributed by atoms with Gasteiger partial charge in [0.1, 0.15) is 11.5 Å². The third-order valence-corrected chi connectivity index (χ3v) is 4.77. The second-order valence-electron chi connectivity index (χ2n) is 6.40. The third kappa shape index (κ3) is 2.95. The first-order chi connectivity index (χ1) is 13.6. The van der Waals surface area contributed by atoms with E-state index in [2.05, 4.69) is 5.32 Å². The molecule has 3 aromatic carbocycles. The number of hydrogen-bond acceptors (Lipinski definition) is 4. The molecule has 0 aliphatic heterocycles. The zero-order valence-corrected chi connectivity index (χ0v) is 14.6. The normalized spacial score (nSPS) is 16.8. The van der Waals surface area contributed by atoms with E-state index in [1.807, 2.05) is 30.3 Å². The molecule has 1 atom stereocenters. The van der Waals surface area contributed by atoms with E-state index in [0.717, 1.165) is 5.56 Å². The summed E-state index contributed by atoms with van der Waals surface area (Å²) in [6.45, 7) is 0. The van der Waals surface area contributed by atoms with E-state index in [-0.39, 0.29) is 16.9 Å². The number of fused-ring (bicyclic) bond motifs is 1. The summed E-state index contributed by atoms with van der Waals surface area (Å²) < 4.78 is 14.4. The lowest BCUT2D eigenvalue weighted by molar-refractivity contribution is -0.383. The number of nitrogens with one attached hydrogen (secondary N) is 1. The maximum atomic E-state index is 14.4. The summed E-state index contributed by atoms with van der Waals surface area (Å²) in [4.78, 5) is 23.7. The number of ketones is 1. The molecule has 5 nitrogen and oxygen atoms in total. The average Bonchev–Trinajstić information content (AvgIpc) is 3.00. The first-order valence-electron chi connectivity index (χ1n) is 8.66. The summed E-state index contributed by atoms with van der Waals surface area (Å²) in [6.07, 6.45) is 1.45. The van der Waals surface area contributed by atoms with E-state index in [9.17, 15) is 19.3 Å². The standard InChI is InChI=1S/C22H15FN2O3/c23-17-10-6-9-15-20(14-7-2-1-3-8-14)16(22(26)21(15)17)13-24-18-11-4-5-12-19(18)25(27)28/h1-13,20,24H/b16-13+/t20-/m1/s1. The maximum absolute atomic E-state index is 14.4. The number of rotatable bonds is 4. The zero-order valence-electron chi connectivity index (χ0n) is 14.6. The lowest BCUT2D eigenvalue weighted by Crippen LogP contribution is -2.06. The summed E-state index contributed by atoms with van der Waals surface area (Å²) >= 11 is 0. The van der Waals surface area contributed by atoms with Gasteiger partial charge < -0.3 is 5.32 Å². The van der Waals surface area contributed by atoms with Crippen LogP contribution in [0.3, 0.4) is 0 Å². The Morgan fingerprint density at radius 1 is 0.964 bits per heavy atom. The van der Waals surface area contributed by atoms with Crippen molar-refractivity contribution >= 4 is 17.2 Å². The highest BCUT2D eigenvalue weighted by molar-refractivity contribution is 6.15. The Balaban J connectivity index is 1.81. The van der Waals surface area contributed by atoms with Crippen molar-refractivity contribution in [2.24, 2.45) is 0 Å². The highest BCUT2D eigenvalue weighted by atomic mass is 19.1. The first kappa shape index (κ1) is 17.6. The van der Waals surface area contributed by atoms with Crippen LogP contribution in [0.25, 0.3) is 0 Å². The summed E-state index contributed by atoms with van der Waals surface area (Å²) in [7, 11) is 0. The van der Waals surface area contributed by atoms with Gasteiger partial charge in [0, 0.05) is 23.8 Å². The van der Waals surface area contributed by atoms with Crippen LogP contribution in [0, 0.1) is 15.9 Å². The fourth-order valence-electron chi connectivity index (χ4n) is 3.53. The third-order valence-electron chi connectivity index (χ3n) is 4.77. The van der Waals surface area contributed by atoms with Gasteiger partial charge in [0.05, 0.1) is 10.5 Å². The summed E-state index contributed by atoms with van der Waals surface area (Å²) in [5.41, 5.74) is 1.97. The predicted octanol–water partition coefficient (Wildman–Crippen LogP) is 5.06. The number of hydrogen-bond donors (Lipinski definition) is 1. The van der Waals surface area contributed by atoms with Crippen LogP contribution < -0.4 is 5.32 Å². The molecule has 4 rings (SSSR count). The summed E-state index contributed by atoms with van der Waals surface area (Å²) in [5.74, 6) is -1.44. The molecule has 6 heteroatoms. The fourth-order valence-corrected chi connectivity index (χ4v) is 3.53. The number of nitro groups is 1. The van der Waals surface area contributed by atoms with Crippen molar-refractivity contribution in [1.82, 2.24) is 0 Å². The lowest BCUT2D eigenvalue weighted by atomic mass is 9.90. The number of halogens is 1. The number of allylic oxidation sites excluding steroid dienone is 1. The van der Waals surface area contributed by atoms with E-state index >= 15 is 0 Å². The van der Waals surface area contributed by atoms with Crippen LogP contribution in [0.1, 0.15) is 27.4 Å². The van der Waals surface area contributed by atoms with Gasteiger partial charge in [-0.15, -0.1) is 0 Å². The van der Waals surface area contributed by atoms with Crippen molar-refractivity contribution in [3.8, 4) is 0 Å². The molecule has 1 N–H and O–H groups in total. The van der Waals surface area contributed by atoms with Gasteiger partial charge in [0.15, 0.2) is 5.78 Å². The van der Waals surface area contributed by atoms with Crippen LogP contribution in [0.4, 0.5) is 15.8 Å². The average molecular weight is 374 g/mol. The van der Waals surface area contributed by atoms with E-state index in [1.165, 1.54) is 18.3 Å². The molecule has 0 bridgehead atoms. The van der Waals surface area contributed by atoms with Gasteiger partial charge in [0.2, 0.25) is 0 Å². The molecule has 0 saturated carbocycles. The Kier molecular flexibility index (Phi) is 4.45. The minimum atomic E-state index is -0.572. The van der Waals surface area contributed by atoms with E-state index in [4.69, 9.17) is 0 Å². The second kappa shape index (κ2) is 7.08. The van der Waals surface area contributed by atoms with Crippen molar-refractivity contribution in [3.63, 3.8) is 0 Å². The Morgan fingerprint density at radius 2 is 1.68 bits per heavy atom. The van der Waals surface area contributed by atoms with Gasteiger partial charge in [-0.25, -0.2) is 4.39 Å². The molecule has 0 saturated heterocycles. The van der Waals surface area contributed by atoms with Gasteiger partial charge in [-0.05, 0) is 23.3 Å². The Morgan fingerprint density at radius 3 is 2.43 bits per heavy atom. The quantitative estimate of drug-likeness (QED) is 0.394. The van der Waals surface area contributed by atoms with Gasteiger partial charge >= 0.3 is 0 Å². The number of nitrogens with zero attached hydrogens (tertiary/aromatic N) is 1. The number of para-hydroxylation sites is 2. The molecule has 28 heavy (non-hydrogen) atoms. The molecule has 0 fully saturated rings. The van der Waals surface area contributed by atoms with Crippen molar-refractivity contribution in [2.75, 3.05) is 5.32 Å². The number of anilines is 1. The van der Waals surface area contributed by atoms with E-state index in [1.54, 1.807) is 30.3 Å². The van der Waals surface area contributed by atoms with Crippen molar-refractivity contribution in [3.05, 3.63) is 117 Å². The first-order valence-corrected chi connectivity index (χ1v) is 8.66. The van der Waals surface area contributed by atoms with Crippen molar-refractivity contribution in [2.45, 2.75) is 5.92 Å². The van der Waals surface area contributed by atoms with Gasteiger partial charge in [-0.1, -0.05) is 54.6 Å². The Bertz CT molecular complexity index is 1110. The monoisotopic (exact) mass is 374 g/mol. The molecule has 0 spiro atoms. The largest absolute Gasteiger partial charge is 0.356 e. The van der Waals surface area contributed by atoms with Gasteiger partial charge in [0.25, 0.3) is 5.69 Å².